The van der Waals surface area contributed by atoms with Crippen LogP contribution < -0.4 is 10.2 Å². The van der Waals surface area contributed by atoms with Crippen molar-refractivity contribution in [1.82, 2.24) is 10.5 Å². The zero-order valence-corrected chi connectivity index (χ0v) is 8.62. The van der Waals surface area contributed by atoms with Crippen LogP contribution >= 0.6 is 0 Å². The minimum Gasteiger partial charge on any atom is -0.338 e. The van der Waals surface area contributed by atoms with E-state index < -0.39 is 0 Å². The predicted octanol–water partition coefficient (Wildman–Crippen LogP) is 1.04. The van der Waals surface area contributed by atoms with Gasteiger partial charge in [0.2, 0.25) is 5.88 Å². The lowest BCUT2D eigenvalue weighted by molar-refractivity contribution is 0.400. The zero-order valence-electron chi connectivity index (χ0n) is 8.62. The number of nitrogens with zero attached hydrogens (tertiary/aromatic N) is 2. The van der Waals surface area contributed by atoms with Crippen LogP contribution in [-0.4, -0.2) is 31.3 Å². The maximum atomic E-state index is 5.30. The second-order valence-corrected chi connectivity index (χ2v) is 3.64. The fraction of sp³-hybridized carbons (Fsp3) is 0.700. The number of rotatable bonds is 3. The van der Waals surface area contributed by atoms with Gasteiger partial charge >= 0.3 is 0 Å². The van der Waals surface area contributed by atoms with Crippen LogP contribution in [0.1, 0.15) is 19.0 Å². The van der Waals surface area contributed by atoms with Crippen molar-refractivity contribution < 1.29 is 4.52 Å². The Hall–Kier alpha value is -1.03. The van der Waals surface area contributed by atoms with Gasteiger partial charge in [-0.2, -0.15) is 0 Å². The highest BCUT2D eigenvalue weighted by Gasteiger charge is 2.14. The maximum Gasteiger partial charge on any atom is 0.227 e. The summed E-state index contributed by atoms with van der Waals surface area (Å²) in [6.45, 7) is 6.24. The summed E-state index contributed by atoms with van der Waals surface area (Å²) in [7, 11) is 0. The van der Waals surface area contributed by atoms with Crippen molar-refractivity contribution in [1.29, 1.82) is 0 Å². The first kappa shape index (κ1) is 9.52. The van der Waals surface area contributed by atoms with E-state index in [0.29, 0.717) is 0 Å². The van der Waals surface area contributed by atoms with Crippen LogP contribution in [0.15, 0.2) is 10.6 Å². The van der Waals surface area contributed by atoms with Crippen molar-refractivity contribution in [3.63, 3.8) is 0 Å². The summed E-state index contributed by atoms with van der Waals surface area (Å²) in [4.78, 5) is 2.24. The Bertz CT molecular complexity index is 279. The molecule has 0 saturated carbocycles. The molecule has 0 spiro atoms. The summed E-state index contributed by atoms with van der Waals surface area (Å²) in [6.07, 6.45) is 2.13. The Morgan fingerprint density at radius 3 is 3.00 bits per heavy atom. The van der Waals surface area contributed by atoms with E-state index in [9.17, 15) is 0 Å². The van der Waals surface area contributed by atoms with E-state index >= 15 is 0 Å². The zero-order chi connectivity index (χ0) is 9.80. The highest BCUT2D eigenvalue weighted by atomic mass is 16.5. The number of aryl methyl sites for hydroxylation is 1. The average molecular weight is 195 g/mol. The third-order valence-electron chi connectivity index (χ3n) is 2.48. The summed E-state index contributed by atoms with van der Waals surface area (Å²) in [5.41, 5.74) is 1.07. The molecule has 0 unspecified atom stereocenters. The molecule has 0 aromatic carbocycles. The molecule has 0 aliphatic carbocycles. The van der Waals surface area contributed by atoms with Crippen molar-refractivity contribution in [2.24, 2.45) is 0 Å². The first-order valence-electron chi connectivity index (χ1n) is 5.31. The molecule has 14 heavy (non-hydrogen) atoms. The van der Waals surface area contributed by atoms with E-state index in [1.807, 2.05) is 0 Å². The fourth-order valence-corrected chi connectivity index (χ4v) is 1.71. The van der Waals surface area contributed by atoms with Gasteiger partial charge in [-0.1, -0.05) is 18.5 Å². The van der Waals surface area contributed by atoms with Gasteiger partial charge in [-0.05, 0) is 6.42 Å². The maximum absolute atomic E-state index is 5.30. The van der Waals surface area contributed by atoms with Gasteiger partial charge in [0.1, 0.15) is 0 Å². The van der Waals surface area contributed by atoms with Gasteiger partial charge in [0, 0.05) is 32.2 Å². The molecular formula is C10H17N3O. The molecule has 0 amide bonds. The lowest BCUT2D eigenvalue weighted by atomic mass is 10.2. The fourth-order valence-electron chi connectivity index (χ4n) is 1.71. The minimum atomic E-state index is 0.926. The number of piperazine rings is 1. The van der Waals surface area contributed by atoms with Crippen LogP contribution in [-0.2, 0) is 6.42 Å². The Morgan fingerprint density at radius 2 is 2.29 bits per heavy atom. The molecule has 78 valence electrons. The predicted molar refractivity (Wildman–Crippen MR) is 55.6 cm³/mol. The van der Waals surface area contributed by atoms with E-state index in [4.69, 9.17) is 4.52 Å². The van der Waals surface area contributed by atoms with Crippen molar-refractivity contribution in [3.8, 4) is 0 Å². The second-order valence-electron chi connectivity index (χ2n) is 3.64. The topological polar surface area (TPSA) is 41.3 Å². The summed E-state index contributed by atoms with van der Waals surface area (Å²) in [6, 6.07) is 2.06. The normalized spacial score (nSPS) is 17.4. The van der Waals surface area contributed by atoms with Crippen LogP contribution in [0.3, 0.4) is 0 Å². The minimum absolute atomic E-state index is 0.926. The Balaban J connectivity index is 2.00. The van der Waals surface area contributed by atoms with Gasteiger partial charge in [-0.15, -0.1) is 0 Å². The van der Waals surface area contributed by atoms with Gasteiger partial charge in [0.25, 0.3) is 0 Å². The largest absolute Gasteiger partial charge is 0.338 e. The summed E-state index contributed by atoms with van der Waals surface area (Å²) < 4.78 is 5.30. The second kappa shape index (κ2) is 4.46. The van der Waals surface area contributed by atoms with E-state index in [-0.39, 0.29) is 0 Å². The molecule has 0 atom stereocenters. The average Bonchev–Trinajstić information content (AvgIpc) is 2.68. The van der Waals surface area contributed by atoms with Crippen molar-refractivity contribution in [3.05, 3.63) is 11.8 Å². The monoisotopic (exact) mass is 195 g/mol. The summed E-state index contributed by atoms with van der Waals surface area (Å²) in [5, 5.41) is 7.36. The first-order chi connectivity index (χ1) is 6.90. The van der Waals surface area contributed by atoms with Crippen molar-refractivity contribution in [2.75, 3.05) is 31.1 Å². The molecule has 1 aliphatic heterocycles. The summed E-state index contributed by atoms with van der Waals surface area (Å²) in [5.74, 6) is 0.926. The van der Waals surface area contributed by atoms with Gasteiger partial charge < -0.3 is 14.7 Å². The lowest BCUT2D eigenvalue weighted by Gasteiger charge is -2.25. The van der Waals surface area contributed by atoms with Crippen LogP contribution in [0.5, 0.6) is 0 Å². The molecule has 1 N–H and O–H groups in total. The Morgan fingerprint density at radius 1 is 1.50 bits per heavy atom. The van der Waals surface area contributed by atoms with Crippen LogP contribution in [0.2, 0.25) is 0 Å². The Kier molecular flexibility index (Phi) is 3.03. The molecule has 0 radical (unpaired) electrons. The van der Waals surface area contributed by atoms with Crippen molar-refractivity contribution in [2.45, 2.75) is 19.8 Å². The molecule has 1 aromatic heterocycles. The molecule has 1 aliphatic rings. The molecule has 1 aromatic rings. The SMILES string of the molecule is CCCc1cc(N2CCNCC2)on1. The summed E-state index contributed by atoms with van der Waals surface area (Å²) >= 11 is 0. The van der Waals surface area contributed by atoms with Crippen LogP contribution in [0.4, 0.5) is 5.88 Å². The smallest absolute Gasteiger partial charge is 0.227 e. The van der Waals surface area contributed by atoms with E-state index in [2.05, 4.69) is 28.4 Å². The molecule has 4 nitrogen and oxygen atoms in total. The third-order valence-corrected chi connectivity index (χ3v) is 2.48. The van der Waals surface area contributed by atoms with Crippen molar-refractivity contribution >= 4 is 5.88 Å². The molecule has 2 heterocycles. The van der Waals surface area contributed by atoms with E-state index in [0.717, 1.165) is 50.6 Å². The highest BCUT2D eigenvalue weighted by Crippen LogP contribution is 2.16. The number of hydrogen-bond donors (Lipinski definition) is 1. The third kappa shape index (κ3) is 2.07. The van der Waals surface area contributed by atoms with Crippen LogP contribution in [0, 0.1) is 0 Å². The van der Waals surface area contributed by atoms with E-state index in [1.54, 1.807) is 0 Å². The van der Waals surface area contributed by atoms with Crippen LogP contribution in [0.25, 0.3) is 0 Å². The molecule has 1 saturated heterocycles. The van der Waals surface area contributed by atoms with Gasteiger partial charge in [0.05, 0.1) is 5.69 Å². The first-order valence-corrected chi connectivity index (χ1v) is 5.31. The molecule has 2 rings (SSSR count). The Labute approximate surface area is 84.3 Å². The lowest BCUT2D eigenvalue weighted by Crippen LogP contribution is -2.43. The highest BCUT2D eigenvalue weighted by molar-refractivity contribution is 5.36. The number of nitrogens with one attached hydrogen (secondary N) is 1. The molecular weight excluding hydrogens is 178 g/mol. The quantitative estimate of drug-likeness (QED) is 0.782. The number of anilines is 1. The number of hydrogen-bond acceptors (Lipinski definition) is 4. The number of aromatic nitrogens is 1. The van der Waals surface area contributed by atoms with E-state index in [1.165, 1.54) is 0 Å². The molecule has 4 heteroatoms. The van der Waals surface area contributed by atoms with Gasteiger partial charge in [0.15, 0.2) is 0 Å². The van der Waals surface area contributed by atoms with Gasteiger partial charge in [-0.25, -0.2) is 0 Å². The molecule has 1 fully saturated rings. The molecule has 0 bridgehead atoms. The van der Waals surface area contributed by atoms with Gasteiger partial charge in [-0.3, -0.25) is 0 Å². The standard InChI is InChI=1S/C10H17N3O/c1-2-3-9-8-10(14-12-9)13-6-4-11-5-7-13/h8,11H,2-7H2,1H3.